The minimum atomic E-state index is 0.105. The summed E-state index contributed by atoms with van der Waals surface area (Å²) in [6.07, 6.45) is 0. The Labute approximate surface area is 154 Å². The van der Waals surface area contributed by atoms with Crippen LogP contribution in [-0.2, 0) is 0 Å². The molecule has 0 aliphatic rings. The fourth-order valence-electron chi connectivity index (χ4n) is 2.77. The molecule has 2 aromatic carbocycles. The van der Waals surface area contributed by atoms with Crippen LogP contribution in [0, 0.1) is 6.92 Å². The largest absolute Gasteiger partial charge is 0.497 e. The summed E-state index contributed by atoms with van der Waals surface area (Å²) in [5.41, 5.74) is 3.01. The summed E-state index contributed by atoms with van der Waals surface area (Å²) < 4.78 is 10.5. The van der Waals surface area contributed by atoms with E-state index < -0.39 is 0 Å². The number of nitrogens with zero attached hydrogens (tertiary/aromatic N) is 2. The summed E-state index contributed by atoms with van der Waals surface area (Å²) in [6, 6.07) is 17.9. The van der Waals surface area contributed by atoms with Crippen molar-refractivity contribution in [2.75, 3.05) is 19.5 Å². The highest BCUT2D eigenvalue weighted by Gasteiger charge is 2.10. The van der Waals surface area contributed by atoms with Crippen LogP contribution in [0.1, 0.15) is 24.4 Å². The molecular weight excluding hydrogens is 326 g/mol. The van der Waals surface area contributed by atoms with Crippen molar-refractivity contribution in [3.63, 3.8) is 0 Å². The second-order valence-electron chi connectivity index (χ2n) is 6.06. The van der Waals surface area contributed by atoms with Gasteiger partial charge in [0.15, 0.2) is 0 Å². The van der Waals surface area contributed by atoms with Gasteiger partial charge in [0.25, 0.3) is 0 Å². The number of benzene rings is 2. The van der Waals surface area contributed by atoms with E-state index in [0.717, 1.165) is 40.0 Å². The molecule has 1 N–H and O–H groups in total. The first-order chi connectivity index (χ1) is 12.6. The van der Waals surface area contributed by atoms with Crippen molar-refractivity contribution in [3.8, 4) is 22.8 Å². The lowest BCUT2D eigenvalue weighted by Crippen LogP contribution is -2.09. The van der Waals surface area contributed by atoms with Gasteiger partial charge in [0, 0.05) is 17.7 Å². The summed E-state index contributed by atoms with van der Waals surface area (Å²) in [5.74, 6) is 3.16. The molecule has 5 heteroatoms. The quantitative estimate of drug-likeness (QED) is 0.702. The van der Waals surface area contributed by atoms with Gasteiger partial charge in [-0.3, -0.25) is 0 Å². The van der Waals surface area contributed by atoms with Gasteiger partial charge in [0.2, 0.25) is 0 Å². The summed E-state index contributed by atoms with van der Waals surface area (Å²) in [4.78, 5) is 9.08. The van der Waals surface area contributed by atoms with Crippen molar-refractivity contribution in [2.45, 2.75) is 19.9 Å². The first-order valence-corrected chi connectivity index (χ1v) is 8.49. The van der Waals surface area contributed by atoms with Crippen molar-refractivity contribution in [2.24, 2.45) is 0 Å². The van der Waals surface area contributed by atoms with E-state index in [1.807, 2.05) is 61.5 Å². The zero-order valence-electron chi connectivity index (χ0n) is 15.5. The Hall–Kier alpha value is -3.08. The molecule has 0 bridgehead atoms. The van der Waals surface area contributed by atoms with Crippen molar-refractivity contribution in [3.05, 3.63) is 66.0 Å². The van der Waals surface area contributed by atoms with E-state index in [4.69, 9.17) is 9.47 Å². The van der Waals surface area contributed by atoms with E-state index in [-0.39, 0.29) is 6.04 Å². The van der Waals surface area contributed by atoms with Crippen molar-refractivity contribution in [1.82, 2.24) is 9.97 Å². The average Bonchev–Trinajstić information content (AvgIpc) is 2.67. The van der Waals surface area contributed by atoms with Crippen LogP contribution in [0.5, 0.6) is 11.5 Å². The van der Waals surface area contributed by atoms with Crippen LogP contribution in [0.4, 0.5) is 5.82 Å². The summed E-state index contributed by atoms with van der Waals surface area (Å²) in [7, 11) is 3.33. The first kappa shape index (κ1) is 17.7. The molecular formula is C21H23N3O2. The summed E-state index contributed by atoms with van der Waals surface area (Å²) in [5, 5.41) is 3.45. The lowest BCUT2D eigenvalue weighted by Gasteiger charge is -2.16. The van der Waals surface area contributed by atoms with Crippen molar-refractivity contribution >= 4 is 5.82 Å². The maximum absolute atomic E-state index is 5.31. The molecule has 26 heavy (non-hydrogen) atoms. The average molecular weight is 349 g/mol. The Morgan fingerprint density at radius 2 is 1.62 bits per heavy atom. The molecule has 1 aromatic heterocycles. The molecule has 3 rings (SSSR count). The van der Waals surface area contributed by atoms with E-state index in [0.29, 0.717) is 0 Å². The molecule has 134 valence electrons. The molecule has 0 spiro atoms. The molecule has 0 saturated carbocycles. The van der Waals surface area contributed by atoms with Gasteiger partial charge >= 0.3 is 0 Å². The number of ether oxygens (including phenoxy) is 2. The highest BCUT2D eigenvalue weighted by Crippen LogP contribution is 2.26. The van der Waals surface area contributed by atoms with Crippen LogP contribution in [0.2, 0.25) is 0 Å². The number of anilines is 1. The van der Waals surface area contributed by atoms with Gasteiger partial charge in [0.1, 0.15) is 23.1 Å². The topological polar surface area (TPSA) is 56.3 Å². The Balaban J connectivity index is 1.84. The second kappa shape index (κ2) is 7.87. The van der Waals surface area contributed by atoms with Crippen LogP contribution in [0.25, 0.3) is 11.3 Å². The lowest BCUT2D eigenvalue weighted by molar-refractivity contribution is 0.414. The Morgan fingerprint density at radius 1 is 0.885 bits per heavy atom. The summed E-state index contributed by atoms with van der Waals surface area (Å²) >= 11 is 0. The van der Waals surface area contributed by atoms with E-state index in [2.05, 4.69) is 22.2 Å². The van der Waals surface area contributed by atoms with Gasteiger partial charge in [-0.05, 0) is 43.7 Å². The molecule has 0 radical (unpaired) electrons. The van der Waals surface area contributed by atoms with Crippen molar-refractivity contribution < 1.29 is 9.47 Å². The first-order valence-electron chi connectivity index (χ1n) is 8.49. The maximum atomic E-state index is 5.31. The van der Waals surface area contributed by atoms with E-state index in [1.54, 1.807) is 14.2 Å². The van der Waals surface area contributed by atoms with E-state index in [1.165, 1.54) is 0 Å². The van der Waals surface area contributed by atoms with E-state index in [9.17, 15) is 0 Å². The molecule has 3 aromatic rings. The normalized spacial score (nSPS) is 11.7. The molecule has 0 amide bonds. The van der Waals surface area contributed by atoms with Gasteiger partial charge in [0.05, 0.1) is 19.9 Å². The monoisotopic (exact) mass is 349 g/mol. The third-order valence-electron chi connectivity index (χ3n) is 4.18. The molecule has 5 nitrogen and oxygen atoms in total. The fourth-order valence-corrected chi connectivity index (χ4v) is 2.77. The van der Waals surface area contributed by atoms with Gasteiger partial charge in [-0.1, -0.05) is 24.3 Å². The van der Waals surface area contributed by atoms with Crippen LogP contribution in [0.3, 0.4) is 0 Å². The molecule has 1 heterocycles. The number of nitrogens with one attached hydrogen (secondary N) is 1. The predicted octanol–water partition coefficient (Wildman–Crippen LogP) is 4.64. The Morgan fingerprint density at radius 3 is 2.31 bits per heavy atom. The Bertz CT molecular complexity index is 879. The number of aryl methyl sites for hydroxylation is 1. The smallest absolute Gasteiger partial charge is 0.130 e. The lowest BCUT2D eigenvalue weighted by atomic mass is 10.1. The number of rotatable bonds is 6. The zero-order chi connectivity index (χ0) is 18.5. The minimum absolute atomic E-state index is 0.105. The zero-order valence-corrected chi connectivity index (χ0v) is 15.5. The van der Waals surface area contributed by atoms with Crippen LogP contribution < -0.4 is 14.8 Å². The van der Waals surface area contributed by atoms with Crippen molar-refractivity contribution in [1.29, 1.82) is 0 Å². The van der Waals surface area contributed by atoms with Crippen LogP contribution in [-0.4, -0.2) is 24.2 Å². The minimum Gasteiger partial charge on any atom is -0.497 e. The number of methoxy groups -OCH3 is 2. The van der Waals surface area contributed by atoms with Gasteiger partial charge < -0.3 is 14.8 Å². The molecule has 1 unspecified atom stereocenters. The summed E-state index contributed by atoms with van der Waals surface area (Å²) in [6.45, 7) is 4.00. The molecule has 0 aliphatic carbocycles. The molecule has 0 fully saturated rings. The van der Waals surface area contributed by atoms with E-state index >= 15 is 0 Å². The number of hydrogen-bond donors (Lipinski definition) is 1. The van der Waals surface area contributed by atoms with Gasteiger partial charge in [-0.15, -0.1) is 0 Å². The molecule has 1 atom stereocenters. The third-order valence-corrected chi connectivity index (χ3v) is 4.18. The fraction of sp³-hybridized carbons (Fsp3) is 0.238. The predicted molar refractivity (Wildman–Crippen MR) is 104 cm³/mol. The van der Waals surface area contributed by atoms with Crippen LogP contribution >= 0.6 is 0 Å². The number of aromatic nitrogens is 2. The van der Waals surface area contributed by atoms with Gasteiger partial charge in [-0.2, -0.15) is 0 Å². The standard InChI is InChI=1S/C21H23N3O2/c1-14(16-8-10-18(25-3)11-9-16)22-21-13-20(23-15(2)24-21)17-6-5-7-19(12-17)26-4/h5-14H,1-4H3,(H,22,23,24). The van der Waals surface area contributed by atoms with Gasteiger partial charge in [-0.25, -0.2) is 9.97 Å². The van der Waals surface area contributed by atoms with Crippen LogP contribution in [0.15, 0.2) is 54.6 Å². The third kappa shape index (κ3) is 4.11. The highest BCUT2D eigenvalue weighted by molar-refractivity contribution is 5.64. The molecule has 0 aliphatic heterocycles. The highest BCUT2D eigenvalue weighted by atomic mass is 16.5. The SMILES string of the molecule is COc1ccc(C(C)Nc2cc(-c3cccc(OC)c3)nc(C)n2)cc1. The Kier molecular flexibility index (Phi) is 5.37. The second-order valence-corrected chi connectivity index (χ2v) is 6.06. The molecule has 0 saturated heterocycles. The number of hydrogen-bond acceptors (Lipinski definition) is 5. The maximum Gasteiger partial charge on any atom is 0.130 e.